The lowest BCUT2D eigenvalue weighted by atomic mass is 10.0. The lowest BCUT2D eigenvalue weighted by Gasteiger charge is -2.26. The van der Waals surface area contributed by atoms with Gasteiger partial charge >= 0.3 is 0 Å². The number of halogens is 1. The van der Waals surface area contributed by atoms with Crippen LogP contribution in [0.25, 0.3) is 0 Å². The Labute approximate surface area is 139 Å². The molecule has 2 unspecified atom stereocenters. The highest BCUT2D eigenvalue weighted by Gasteiger charge is 2.30. The largest absolute Gasteiger partial charge is 0.336 e. The molecule has 1 N–H and O–H groups in total. The maximum Gasteiger partial charge on any atom is 0.223 e. The lowest BCUT2D eigenvalue weighted by molar-refractivity contribution is -0.132. The normalized spacial score (nSPS) is 24.3. The Balaban J connectivity index is 0.00000176. The van der Waals surface area contributed by atoms with E-state index in [4.69, 9.17) is 0 Å². The first kappa shape index (κ1) is 17.3. The molecule has 2 heterocycles. The Bertz CT molecular complexity index is 500. The fourth-order valence-corrected chi connectivity index (χ4v) is 3.72. The minimum atomic E-state index is 0. The monoisotopic (exact) mass is 322 g/mol. The van der Waals surface area contributed by atoms with E-state index in [0.29, 0.717) is 24.3 Å². The zero-order valence-electron chi connectivity index (χ0n) is 13.4. The molecule has 2 saturated heterocycles. The maximum absolute atomic E-state index is 12.6. The number of nitrogens with one attached hydrogen (secondary N) is 1. The summed E-state index contributed by atoms with van der Waals surface area (Å²) in [6.07, 6.45) is 5.24. The van der Waals surface area contributed by atoms with Gasteiger partial charge in [-0.1, -0.05) is 29.8 Å². The number of amides is 1. The van der Waals surface area contributed by atoms with Crippen LogP contribution in [0.1, 0.15) is 49.3 Å². The van der Waals surface area contributed by atoms with E-state index in [1.54, 1.807) is 0 Å². The summed E-state index contributed by atoms with van der Waals surface area (Å²) >= 11 is 0. The minimum absolute atomic E-state index is 0. The van der Waals surface area contributed by atoms with Crippen LogP contribution in [0.2, 0.25) is 0 Å². The molecule has 0 saturated carbocycles. The summed E-state index contributed by atoms with van der Waals surface area (Å²) in [7, 11) is 0. The van der Waals surface area contributed by atoms with Gasteiger partial charge < -0.3 is 10.2 Å². The van der Waals surface area contributed by atoms with E-state index in [1.807, 2.05) is 0 Å². The molecule has 2 fully saturated rings. The Morgan fingerprint density at radius 1 is 1.36 bits per heavy atom. The van der Waals surface area contributed by atoms with E-state index in [-0.39, 0.29) is 12.4 Å². The topological polar surface area (TPSA) is 32.3 Å². The number of rotatable bonds is 4. The summed E-state index contributed by atoms with van der Waals surface area (Å²) in [5.41, 5.74) is 2.59. The highest BCUT2D eigenvalue weighted by molar-refractivity contribution is 5.85. The van der Waals surface area contributed by atoms with Crippen molar-refractivity contribution in [1.29, 1.82) is 0 Å². The first-order valence-electron chi connectivity index (χ1n) is 8.31. The quantitative estimate of drug-likeness (QED) is 0.920. The first-order valence-corrected chi connectivity index (χ1v) is 8.31. The van der Waals surface area contributed by atoms with E-state index in [1.165, 1.54) is 17.5 Å². The highest BCUT2D eigenvalue weighted by Crippen LogP contribution is 2.33. The number of likely N-dealkylation sites (tertiary alicyclic amines) is 1. The zero-order chi connectivity index (χ0) is 14.7. The van der Waals surface area contributed by atoms with Crippen molar-refractivity contribution in [3.05, 3.63) is 35.4 Å². The fraction of sp³-hybridized carbons (Fsp3) is 0.611. The fourth-order valence-electron chi connectivity index (χ4n) is 3.72. The van der Waals surface area contributed by atoms with Crippen LogP contribution in [-0.2, 0) is 4.79 Å². The van der Waals surface area contributed by atoms with Crippen LogP contribution < -0.4 is 5.32 Å². The SMILES string of the molecule is Cc1cccc(C2CCCN2C(=O)CCC2CCNC2)c1.Cl. The minimum Gasteiger partial charge on any atom is -0.336 e. The molecule has 1 amide bonds. The number of carbonyl (C=O) groups excluding carboxylic acids is 1. The number of aryl methyl sites for hydroxylation is 1. The molecule has 2 aliphatic heterocycles. The van der Waals surface area contributed by atoms with Crippen molar-refractivity contribution in [3.63, 3.8) is 0 Å². The molecule has 1 aromatic carbocycles. The van der Waals surface area contributed by atoms with Gasteiger partial charge in [0.15, 0.2) is 0 Å². The molecule has 122 valence electrons. The smallest absolute Gasteiger partial charge is 0.223 e. The summed E-state index contributed by atoms with van der Waals surface area (Å²) in [5.74, 6) is 1.06. The average molecular weight is 323 g/mol. The van der Waals surface area contributed by atoms with Gasteiger partial charge in [-0.25, -0.2) is 0 Å². The van der Waals surface area contributed by atoms with Crippen molar-refractivity contribution < 1.29 is 4.79 Å². The predicted molar refractivity (Wildman–Crippen MR) is 92.3 cm³/mol. The van der Waals surface area contributed by atoms with E-state index >= 15 is 0 Å². The van der Waals surface area contributed by atoms with Crippen LogP contribution in [0, 0.1) is 12.8 Å². The van der Waals surface area contributed by atoms with Gasteiger partial charge in [0.1, 0.15) is 0 Å². The Morgan fingerprint density at radius 3 is 2.95 bits per heavy atom. The Hall–Kier alpha value is -1.06. The molecule has 0 aliphatic carbocycles. The molecular weight excluding hydrogens is 296 g/mol. The van der Waals surface area contributed by atoms with Gasteiger partial charge in [0, 0.05) is 13.0 Å². The molecule has 4 heteroatoms. The highest BCUT2D eigenvalue weighted by atomic mass is 35.5. The van der Waals surface area contributed by atoms with Crippen LogP contribution in [0.15, 0.2) is 24.3 Å². The third-order valence-corrected chi connectivity index (χ3v) is 4.93. The summed E-state index contributed by atoms with van der Waals surface area (Å²) in [4.78, 5) is 14.7. The van der Waals surface area contributed by atoms with E-state index in [9.17, 15) is 4.79 Å². The van der Waals surface area contributed by atoms with Gasteiger partial charge in [-0.15, -0.1) is 12.4 Å². The Morgan fingerprint density at radius 2 is 2.23 bits per heavy atom. The summed E-state index contributed by atoms with van der Waals surface area (Å²) < 4.78 is 0. The molecule has 3 rings (SSSR count). The van der Waals surface area contributed by atoms with Crippen molar-refractivity contribution in [1.82, 2.24) is 10.2 Å². The molecule has 0 bridgehead atoms. The third kappa shape index (κ3) is 4.02. The molecular formula is C18H27ClN2O. The zero-order valence-corrected chi connectivity index (χ0v) is 14.2. The number of carbonyl (C=O) groups is 1. The first-order chi connectivity index (χ1) is 10.2. The molecule has 0 spiro atoms. The van der Waals surface area contributed by atoms with Crippen LogP contribution in [0.3, 0.4) is 0 Å². The van der Waals surface area contributed by atoms with Crippen LogP contribution in [0.4, 0.5) is 0 Å². The van der Waals surface area contributed by atoms with Gasteiger partial charge in [-0.3, -0.25) is 4.79 Å². The summed E-state index contributed by atoms with van der Waals surface area (Å²) in [6.45, 7) is 5.27. The van der Waals surface area contributed by atoms with E-state index in [2.05, 4.69) is 41.4 Å². The van der Waals surface area contributed by atoms with Crippen LogP contribution in [-0.4, -0.2) is 30.4 Å². The van der Waals surface area contributed by atoms with Crippen molar-refractivity contribution in [2.24, 2.45) is 5.92 Å². The molecule has 0 aromatic heterocycles. The number of hydrogen-bond donors (Lipinski definition) is 1. The van der Waals surface area contributed by atoms with E-state index < -0.39 is 0 Å². The third-order valence-electron chi connectivity index (χ3n) is 4.93. The summed E-state index contributed by atoms with van der Waals surface area (Å²) in [5, 5.41) is 3.38. The van der Waals surface area contributed by atoms with Gasteiger partial charge in [0.25, 0.3) is 0 Å². The maximum atomic E-state index is 12.6. The summed E-state index contributed by atoms with van der Waals surface area (Å²) in [6, 6.07) is 8.94. The van der Waals surface area contributed by atoms with E-state index in [0.717, 1.165) is 38.9 Å². The standard InChI is InChI=1S/C18H26N2O.ClH/c1-14-4-2-5-16(12-14)17-6-3-11-20(17)18(21)8-7-15-9-10-19-13-15;/h2,4-5,12,15,17,19H,3,6-11,13H2,1H3;1H. The second kappa shape index (κ2) is 7.98. The van der Waals surface area contributed by atoms with Gasteiger partial charge in [-0.05, 0) is 57.2 Å². The molecule has 3 nitrogen and oxygen atoms in total. The van der Waals surface area contributed by atoms with Gasteiger partial charge in [-0.2, -0.15) is 0 Å². The van der Waals surface area contributed by atoms with Crippen molar-refractivity contribution in [3.8, 4) is 0 Å². The van der Waals surface area contributed by atoms with Crippen LogP contribution in [0.5, 0.6) is 0 Å². The predicted octanol–water partition coefficient (Wildman–Crippen LogP) is 3.47. The van der Waals surface area contributed by atoms with Crippen molar-refractivity contribution in [2.45, 2.75) is 45.1 Å². The molecule has 1 aromatic rings. The molecule has 22 heavy (non-hydrogen) atoms. The van der Waals surface area contributed by atoms with Gasteiger partial charge in [0.2, 0.25) is 5.91 Å². The molecule has 2 atom stereocenters. The Kier molecular flexibility index (Phi) is 6.27. The second-order valence-corrected chi connectivity index (χ2v) is 6.56. The number of nitrogens with zero attached hydrogens (tertiary/aromatic N) is 1. The molecule has 2 aliphatic rings. The second-order valence-electron chi connectivity index (χ2n) is 6.56. The number of benzene rings is 1. The van der Waals surface area contributed by atoms with Crippen molar-refractivity contribution >= 4 is 18.3 Å². The van der Waals surface area contributed by atoms with Crippen molar-refractivity contribution in [2.75, 3.05) is 19.6 Å². The molecule has 0 radical (unpaired) electrons. The average Bonchev–Trinajstić information content (AvgIpc) is 3.16. The lowest BCUT2D eigenvalue weighted by Crippen LogP contribution is -2.30. The number of hydrogen-bond acceptors (Lipinski definition) is 2. The van der Waals surface area contributed by atoms with Crippen LogP contribution >= 0.6 is 12.4 Å². The van der Waals surface area contributed by atoms with Gasteiger partial charge in [0.05, 0.1) is 6.04 Å².